The minimum Gasteiger partial charge on any atom is -0.456 e. The zero-order valence-corrected chi connectivity index (χ0v) is 30.8. The fraction of sp³-hybridized carbons (Fsp3) is 0. The molecule has 266 valence electrons. The van der Waals surface area contributed by atoms with E-state index in [1.807, 2.05) is 18.2 Å². The van der Waals surface area contributed by atoms with Gasteiger partial charge in [0.1, 0.15) is 22.3 Å². The van der Waals surface area contributed by atoms with Crippen LogP contribution in [-0.2, 0) is 0 Å². The van der Waals surface area contributed by atoms with Crippen LogP contribution >= 0.6 is 0 Å². The van der Waals surface area contributed by atoms with Crippen molar-refractivity contribution in [2.75, 3.05) is 4.90 Å². The lowest BCUT2D eigenvalue weighted by Crippen LogP contribution is -2.13. The third-order valence-electron chi connectivity index (χ3n) is 11.6. The second kappa shape index (κ2) is 12.5. The van der Waals surface area contributed by atoms with Gasteiger partial charge < -0.3 is 13.7 Å². The van der Waals surface area contributed by atoms with Gasteiger partial charge in [-0.25, -0.2) is 0 Å². The average molecular weight is 728 g/mol. The fourth-order valence-corrected chi connectivity index (χ4v) is 9.11. The number of furan rings is 2. The van der Waals surface area contributed by atoms with Crippen molar-refractivity contribution in [1.29, 1.82) is 0 Å². The van der Waals surface area contributed by atoms with Crippen molar-refractivity contribution >= 4 is 93.3 Å². The predicted octanol–water partition coefficient (Wildman–Crippen LogP) is 15.7. The van der Waals surface area contributed by atoms with Crippen LogP contribution in [-0.4, -0.2) is 0 Å². The molecule has 0 saturated heterocycles. The number of fused-ring (bicyclic) bond motifs is 10. The van der Waals surface area contributed by atoms with Gasteiger partial charge in [0.15, 0.2) is 0 Å². The third-order valence-corrected chi connectivity index (χ3v) is 11.6. The number of hydrogen-bond donors (Lipinski definition) is 0. The van der Waals surface area contributed by atoms with Crippen molar-refractivity contribution in [3.05, 3.63) is 200 Å². The third kappa shape index (κ3) is 4.86. The number of hydrogen-bond acceptors (Lipinski definition) is 3. The molecule has 0 bridgehead atoms. The molecule has 0 aliphatic rings. The van der Waals surface area contributed by atoms with Gasteiger partial charge in [0.05, 0.1) is 16.8 Å². The molecular formula is C54H33NO2. The molecule has 0 atom stereocenters. The Morgan fingerprint density at radius 2 is 0.965 bits per heavy atom. The molecule has 2 heterocycles. The fourth-order valence-electron chi connectivity index (χ4n) is 9.11. The van der Waals surface area contributed by atoms with E-state index >= 15 is 0 Å². The molecule has 12 aromatic rings. The quantitative estimate of drug-likeness (QED) is 0.165. The zero-order valence-electron chi connectivity index (χ0n) is 30.8. The maximum absolute atomic E-state index is 6.59. The van der Waals surface area contributed by atoms with Gasteiger partial charge in [-0.3, -0.25) is 0 Å². The molecule has 12 rings (SSSR count). The lowest BCUT2D eigenvalue weighted by atomic mass is 9.89. The summed E-state index contributed by atoms with van der Waals surface area (Å²) in [7, 11) is 0. The second-order valence-electron chi connectivity index (χ2n) is 14.8. The lowest BCUT2D eigenvalue weighted by Gasteiger charge is -2.31. The first-order valence-electron chi connectivity index (χ1n) is 19.4. The van der Waals surface area contributed by atoms with E-state index < -0.39 is 0 Å². The molecule has 0 aliphatic heterocycles. The first-order valence-corrected chi connectivity index (χ1v) is 19.4. The Balaban J connectivity index is 1.23. The maximum atomic E-state index is 6.59. The van der Waals surface area contributed by atoms with E-state index in [9.17, 15) is 0 Å². The van der Waals surface area contributed by atoms with Crippen molar-refractivity contribution in [3.63, 3.8) is 0 Å². The van der Waals surface area contributed by atoms with Crippen LogP contribution in [0.1, 0.15) is 0 Å². The first kappa shape index (κ1) is 31.7. The largest absolute Gasteiger partial charge is 0.456 e. The van der Waals surface area contributed by atoms with Crippen LogP contribution in [0.25, 0.3) is 98.4 Å². The van der Waals surface area contributed by atoms with E-state index in [2.05, 4.69) is 187 Å². The molecule has 0 unspecified atom stereocenters. The van der Waals surface area contributed by atoms with Gasteiger partial charge >= 0.3 is 0 Å². The Hall–Kier alpha value is -7.62. The van der Waals surface area contributed by atoms with Gasteiger partial charge in [-0.05, 0) is 80.5 Å². The minimum absolute atomic E-state index is 0.847. The van der Waals surface area contributed by atoms with Crippen LogP contribution in [0.15, 0.2) is 209 Å². The van der Waals surface area contributed by atoms with Crippen LogP contribution in [0.4, 0.5) is 17.1 Å². The highest BCUT2D eigenvalue weighted by Gasteiger charge is 2.27. The van der Waals surface area contributed by atoms with E-state index in [-0.39, 0.29) is 0 Å². The summed E-state index contributed by atoms with van der Waals surface area (Å²) in [6, 6.07) is 71.7. The molecule has 0 saturated carbocycles. The molecule has 0 radical (unpaired) electrons. The smallest absolute Gasteiger partial charge is 0.143 e. The standard InChI is InChI=1S/C54H33NO2/c1-2-15-35-32-37(31-30-34(35)14-1)51-43-21-5-3-18-40(43)41-19-4-6-22-44(41)53(51)55(47-26-13-29-50-52(47)46-23-8-10-28-49(46)56-50)38-17-11-16-36(33-38)39-24-12-25-45-42-20-7-9-27-48(42)57-54(39)45/h1-33H. The normalized spacial score (nSPS) is 11.9. The summed E-state index contributed by atoms with van der Waals surface area (Å²) in [5.41, 5.74) is 11.1. The summed E-state index contributed by atoms with van der Waals surface area (Å²) >= 11 is 0. The number of benzene rings is 10. The summed E-state index contributed by atoms with van der Waals surface area (Å²) in [4.78, 5) is 2.48. The van der Waals surface area contributed by atoms with Crippen LogP contribution in [0.5, 0.6) is 0 Å². The van der Waals surface area contributed by atoms with E-state index in [4.69, 9.17) is 8.83 Å². The number of rotatable bonds is 5. The van der Waals surface area contributed by atoms with Gasteiger partial charge in [-0.2, -0.15) is 0 Å². The highest BCUT2D eigenvalue weighted by molar-refractivity contribution is 6.24. The Kier molecular flexibility index (Phi) is 6.93. The van der Waals surface area contributed by atoms with E-state index in [1.165, 1.54) is 32.5 Å². The zero-order chi connectivity index (χ0) is 37.5. The van der Waals surface area contributed by atoms with Gasteiger partial charge in [-0.1, -0.05) is 158 Å². The van der Waals surface area contributed by atoms with Crippen LogP contribution in [0.2, 0.25) is 0 Å². The maximum Gasteiger partial charge on any atom is 0.143 e. The predicted molar refractivity (Wildman–Crippen MR) is 239 cm³/mol. The topological polar surface area (TPSA) is 29.5 Å². The molecule has 0 amide bonds. The van der Waals surface area contributed by atoms with Crippen molar-refractivity contribution in [3.8, 4) is 22.3 Å². The lowest BCUT2D eigenvalue weighted by molar-refractivity contribution is 0.669. The molecule has 2 aromatic heterocycles. The first-order chi connectivity index (χ1) is 28.3. The summed E-state index contributed by atoms with van der Waals surface area (Å²) in [6.45, 7) is 0. The number of anilines is 3. The highest BCUT2D eigenvalue weighted by Crippen LogP contribution is 2.52. The van der Waals surface area contributed by atoms with E-state index in [1.54, 1.807) is 0 Å². The van der Waals surface area contributed by atoms with Crippen LogP contribution in [0, 0.1) is 0 Å². The summed E-state index contributed by atoms with van der Waals surface area (Å²) < 4.78 is 13.2. The van der Waals surface area contributed by atoms with Gasteiger partial charge in [0.2, 0.25) is 0 Å². The monoisotopic (exact) mass is 727 g/mol. The number of para-hydroxylation sites is 3. The summed E-state index contributed by atoms with van der Waals surface area (Å²) in [5.74, 6) is 0. The molecular weight excluding hydrogens is 695 g/mol. The minimum atomic E-state index is 0.847. The Morgan fingerprint density at radius 3 is 1.81 bits per heavy atom. The summed E-state index contributed by atoms with van der Waals surface area (Å²) in [5, 5.41) is 11.6. The Bertz CT molecular complexity index is 3550. The molecule has 0 aliphatic carbocycles. The average Bonchev–Trinajstić information content (AvgIpc) is 3.86. The Labute approximate surface area is 328 Å². The molecule has 0 N–H and O–H groups in total. The van der Waals surface area contributed by atoms with Crippen molar-refractivity contribution < 1.29 is 8.83 Å². The van der Waals surface area contributed by atoms with Crippen molar-refractivity contribution in [1.82, 2.24) is 0 Å². The molecule has 0 fully saturated rings. The molecule has 3 heteroatoms. The Morgan fingerprint density at radius 1 is 0.351 bits per heavy atom. The molecule has 57 heavy (non-hydrogen) atoms. The number of nitrogens with zero attached hydrogens (tertiary/aromatic N) is 1. The van der Waals surface area contributed by atoms with Crippen LogP contribution in [0.3, 0.4) is 0 Å². The van der Waals surface area contributed by atoms with E-state index in [0.717, 1.165) is 83.0 Å². The molecule has 3 nitrogen and oxygen atoms in total. The van der Waals surface area contributed by atoms with Crippen LogP contribution < -0.4 is 4.90 Å². The van der Waals surface area contributed by atoms with Crippen molar-refractivity contribution in [2.45, 2.75) is 0 Å². The summed E-state index contributed by atoms with van der Waals surface area (Å²) in [6.07, 6.45) is 0. The molecule has 0 spiro atoms. The van der Waals surface area contributed by atoms with Gasteiger partial charge in [0, 0.05) is 38.4 Å². The van der Waals surface area contributed by atoms with E-state index in [0.29, 0.717) is 0 Å². The highest BCUT2D eigenvalue weighted by atomic mass is 16.3. The van der Waals surface area contributed by atoms with Crippen molar-refractivity contribution in [2.24, 2.45) is 0 Å². The molecule has 10 aromatic carbocycles. The SMILES string of the molecule is c1cc(-c2cccc3c2oc2ccccc23)cc(N(c2c(-c3ccc4ccccc4c3)c3ccccc3c3ccccc23)c2cccc3oc4ccccc4c23)c1. The van der Waals surface area contributed by atoms with Gasteiger partial charge in [-0.15, -0.1) is 0 Å². The van der Waals surface area contributed by atoms with Gasteiger partial charge in [0.25, 0.3) is 0 Å². The second-order valence-corrected chi connectivity index (χ2v) is 14.8.